The Morgan fingerprint density at radius 2 is 1.85 bits per heavy atom. The minimum atomic E-state index is -0.543. The van der Waals surface area contributed by atoms with Gasteiger partial charge in [0.05, 0.1) is 18.9 Å². The van der Waals surface area contributed by atoms with Gasteiger partial charge in [-0.2, -0.15) is 0 Å². The average molecular weight is 383 g/mol. The standard InChI is InChI=1S/C18H28N2O5.C2H6/c1-5-23-16(21)7-6-10-24-15-11-13(8-9-14(15)19)12-20-17(22)25-18(2,3)4;1-2/h8-9,11H,5-7,10,12,19H2,1-4H3,(H,20,22);1-2H3. The van der Waals surface area contributed by atoms with E-state index in [0.29, 0.717) is 44.0 Å². The summed E-state index contributed by atoms with van der Waals surface area (Å²) in [6, 6.07) is 5.28. The van der Waals surface area contributed by atoms with Crippen LogP contribution in [0.5, 0.6) is 5.75 Å². The lowest BCUT2D eigenvalue weighted by Gasteiger charge is -2.19. The van der Waals surface area contributed by atoms with Crippen LogP contribution in [0.25, 0.3) is 0 Å². The van der Waals surface area contributed by atoms with Crippen LogP contribution in [0.15, 0.2) is 18.2 Å². The lowest BCUT2D eigenvalue weighted by atomic mass is 10.2. The zero-order chi connectivity index (χ0) is 20.9. The predicted octanol–water partition coefficient (Wildman–Crippen LogP) is 4.04. The maximum absolute atomic E-state index is 11.7. The first-order chi connectivity index (χ1) is 12.7. The van der Waals surface area contributed by atoms with Crippen LogP contribution >= 0.6 is 0 Å². The molecular formula is C20H34N2O5. The van der Waals surface area contributed by atoms with E-state index in [1.807, 2.05) is 13.8 Å². The number of nitrogens with two attached hydrogens (primary N) is 1. The van der Waals surface area contributed by atoms with Crippen molar-refractivity contribution in [1.82, 2.24) is 5.32 Å². The number of nitrogen functional groups attached to an aromatic ring is 1. The number of carbonyl (C=O) groups is 2. The third-order valence-electron chi connectivity index (χ3n) is 3.00. The van der Waals surface area contributed by atoms with Gasteiger partial charge in [-0.05, 0) is 51.8 Å². The Morgan fingerprint density at radius 1 is 1.19 bits per heavy atom. The first-order valence-electron chi connectivity index (χ1n) is 9.35. The molecule has 27 heavy (non-hydrogen) atoms. The molecule has 0 unspecified atom stereocenters. The second-order valence-electron chi connectivity index (χ2n) is 6.48. The van der Waals surface area contributed by atoms with Crippen molar-refractivity contribution in [3.05, 3.63) is 23.8 Å². The highest BCUT2D eigenvalue weighted by molar-refractivity contribution is 5.69. The second-order valence-corrected chi connectivity index (χ2v) is 6.48. The van der Waals surface area contributed by atoms with Crippen molar-refractivity contribution < 1.29 is 23.8 Å². The van der Waals surface area contributed by atoms with Gasteiger partial charge in [0.1, 0.15) is 11.4 Å². The summed E-state index contributed by atoms with van der Waals surface area (Å²) in [5.41, 5.74) is 6.68. The molecule has 154 valence electrons. The smallest absolute Gasteiger partial charge is 0.407 e. The van der Waals surface area contributed by atoms with Gasteiger partial charge in [-0.25, -0.2) is 4.79 Å². The number of esters is 1. The average Bonchev–Trinajstić information content (AvgIpc) is 2.59. The number of amides is 1. The fourth-order valence-corrected chi connectivity index (χ4v) is 1.93. The van der Waals surface area contributed by atoms with Crippen molar-refractivity contribution in [3.8, 4) is 5.75 Å². The molecule has 0 radical (unpaired) electrons. The molecule has 0 heterocycles. The maximum Gasteiger partial charge on any atom is 0.407 e. The number of benzene rings is 1. The number of ether oxygens (including phenoxy) is 3. The highest BCUT2D eigenvalue weighted by Crippen LogP contribution is 2.23. The van der Waals surface area contributed by atoms with Crippen molar-refractivity contribution in [3.63, 3.8) is 0 Å². The highest BCUT2D eigenvalue weighted by Gasteiger charge is 2.15. The molecular weight excluding hydrogens is 348 g/mol. The fraction of sp³-hybridized carbons (Fsp3) is 0.600. The van der Waals surface area contributed by atoms with Gasteiger partial charge in [-0.3, -0.25) is 4.79 Å². The van der Waals surface area contributed by atoms with Gasteiger partial charge in [-0.1, -0.05) is 19.9 Å². The van der Waals surface area contributed by atoms with Crippen LogP contribution in [0.2, 0.25) is 0 Å². The van der Waals surface area contributed by atoms with Gasteiger partial charge in [0.15, 0.2) is 0 Å². The Hall–Kier alpha value is -2.44. The van der Waals surface area contributed by atoms with Gasteiger partial charge in [-0.15, -0.1) is 0 Å². The van der Waals surface area contributed by atoms with E-state index in [4.69, 9.17) is 19.9 Å². The topological polar surface area (TPSA) is 99.9 Å². The third-order valence-corrected chi connectivity index (χ3v) is 3.00. The van der Waals surface area contributed by atoms with Crippen LogP contribution in [0.4, 0.5) is 10.5 Å². The fourth-order valence-electron chi connectivity index (χ4n) is 1.93. The Kier molecular flexibility index (Phi) is 11.7. The lowest BCUT2D eigenvalue weighted by molar-refractivity contribution is -0.143. The minimum absolute atomic E-state index is 0.241. The number of alkyl carbamates (subject to hydrolysis) is 1. The minimum Gasteiger partial charge on any atom is -0.491 e. The number of hydrogen-bond donors (Lipinski definition) is 2. The Bertz CT molecular complexity index is 582. The number of nitrogens with one attached hydrogen (secondary N) is 1. The number of rotatable bonds is 8. The first kappa shape index (κ1) is 24.6. The Labute approximate surface area is 162 Å². The normalized spacial score (nSPS) is 10.3. The quantitative estimate of drug-likeness (QED) is 0.400. The van der Waals surface area contributed by atoms with E-state index >= 15 is 0 Å². The molecule has 3 N–H and O–H groups in total. The second kappa shape index (κ2) is 12.8. The molecule has 0 fully saturated rings. The molecule has 0 aliphatic heterocycles. The van der Waals surface area contributed by atoms with Crippen molar-refractivity contribution in [2.24, 2.45) is 0 Å². The van der Waals surface area contributed by atoms with Crippen LogP contribution < -0.4 is 15.8 Å². The molecule has 0 bridgehead atoms. The molecule has 1 amide bonds. The predicted molar refractivity (Wildman–Crippen MR) is 107 cm³/mol. The van der Waals surface area contributed by atoms with Gasteiger partial charge in [0.25, 0.3) is 0 Å². The first-order valence-corrected chi connectivity index (χ1v) is 9.35. The Morgan fingerprint density at radius 3 is 2.44 bits per heavy atom. The summed E-state index contributed by atoms with van der Waals surface area (Å²) in [7, 11) is 0. The molecule has 0 aliphatic rings. The largest absolute Gasteiger partial charge is 0.491 e. The zero-order valence-electron chi connectivity index (χ0n) is 17.4. The van der Waals surface area contributed by atoms with E-state index < -0.39 is 11.7 Å². The van der Waals surface area contributed by atoms with Crippen LogP contribution in [0.3, 0.4) is 0 Å². The van der Waals surface area contributed by atoms with Crippen LogP contribution in [-0.4, -0.2) is 30.9 Å². The molecule has 0 saturated carbocycles. The molecule has 0 aromatic heterocycles. The van der Waals surface area contributed by atoms with E-state index in [2.05, 4.69) is 5.32 Å². The van der Waals surface area contributed by atoms with Gasteiger partial charge in [0, 0.05) is 13.0 Å². The molecule has 1 aromatic carbocycles. The van der Waals surface area contributed by atoms with Crippen molar-refractivity contribution >= 4 is 17.7 Å². The monoisotopic (exact) mass is 382 g/mol. The van der Waals surface area contributed by atoms with Crippen molar-refractivity contribution in [2.45, 2.75) is 66.5 Å². The van der Waals surface area contributed by atoms with Gasteiger partial charge >= 0.3 is 12.1 Å². The lowest BCUT2D eigenvalue weighted by Crippen LogP contribution is -2.32. The summed E-state index contributed by atoms with van der Waals surface area (Å²) in [6.45, 7) is 12.2. The van der Waals surface area contributed by atoms with E-state index in [1.54, 1.807) is 45.9 Å². The molecule has 0 saturated heterocycles. The van der Waals surface area contributed by atoms with Crippen LogP contribution in [0, 0.1) is 0 Å². The van der Waals surface area contributed by atoms with Crippen LogP contribution in [0.1, 0.15) is 59.9 Å². The molecule has 0 aliphatic carbocycles. The summed E-state index contributed by atoms with van der Waals surface area (Å²) < 4.78 is 15.7. The summed E-state index contributed by atoms with van der Waals surface area (Å²) in [4.78, 5) is 22.9. The van der Waals surface area contributed by atoms with E-state index in [9.17, 15) is 9.59 Å². The summed E-state index contributed by atoms with van der Waals surface area (Å²) >= 11 is 0. The molecule has 1 rings (SSSR count). The van der Waals surface area contributed by atoms with E-state index in [1.165, 1.54) is 0 Å². The zero-order valence-corrected chi connectivity index (χ0v) is 17.4. The highest BCUT2D eigenvalue weighted by atomic mass is 16.6. The molecule has 7 heteroatoms. The molecule has 1 aromatic rings. The third kappa shape index (κ3) is 11.7. The summed E-state index contributed by atoms with van der Waals surface area (Å²) in [5, 5.41) is 2.68. The summed E-state index contributed by atoms with van der Waals surface area (Å²) in [6.07, 6.45) is 0.355. The SMILES string of the molecule is CC.CCOC(=O)CCCOc1cc(CNC(=O)OC(C)(C)C)ccc1N. The van der Waals surface area contributed by atoms with Crippen molar-refractivity contribution in [1.29, 1.82) is 0 Å². The molecule has 0 spiro atoms. The molecule has 0 atom stereocenters. The van der Waals surface area contributed by atoms with Gasteiger partial charge in [0.2, 0.25) is 0 Å². The van der Waals surface area contributed by atoms with Crippen molar-refractivity contribution in [2.75, 3.05) is 18.9 Å². The Balaban J connectivity index is 0.00000326. The van der Waals surface area contributed by atoms with Crippen LogP contribution in [-0.2, 0) is 20.8 Å². The number of hydrogen-bond acceptors (Lipinski definition) is 6. The van der Waals surface area contributed by atoms with Gasteiger partial charge < -0.3 is 25.3 Å². The number of anilines is 1. The van der Waals surface area contributed by atoms with E-state index in [0.717, 1.165) is 5.56 Å². The summed E-state index contributed by atoms with van der Waals surface area (Å²) in [5.74, 6) is 0.279. The number of carbonyl (C=O) groups excluding carboxylic acids is 2. The molecule has 7 nitrogen and oxygen atoms in total. The van der Waals surface area contributed by atoms with E-state index in [-0.39, 0.29) is 5.97 Å². The maximum atomic E-state index is 11.7.